The van der Waals surface area contributed by atoms with Crippen molar-refractivity contribution < 1.29 is 38.0 Å². The number of methoxy groups -OCH3 is 1. The largest absolute Gasteiger partial charge is 0.493 e. The lowest BCUT2D eigenvalue weighted by molar-refractivity contribution is -0.145. The predicted molar refractivity (Wildman–Crippen MR) is 148 cm³/mol. The molecule has 0 saturated carbocycles. The first-order valence-corrected chi connectivity index (χ1v) is 13.7. The Kier molecular flexibility index (Phi) is 8.11. The monoisotopic (exact) mass is 580 g/mol. The third-order valence-corrected chi connectivity index (χ3v) is 7.35. The molecule has 0 aliphatic carbocycles. The summed E-state index contributed by atoms with van der Waals surface area (Å²) < 4.78 is 34.2. The molecule has 2 aliphatic heterocycles. The van der Waals surface area contributed by atoms with Gasteiger partial charge in [0.2, 0.25) is 6.79 Å². The third-order valence-electron chi connectivity index (χ3n) is 6.37. The zero-order valence-electron chi connectivity index (χ0n) is 22.9. The fraction of sp³-hybridized carbons (Fsp3) is 0.310. The first kappa shape index (κ1) is 28.0. The van der Waals surface area contributed by atoms with Gasteiger partial charge in [0.15, 0.2) is 34.4 Å². The van der Waals surface area contributed by atoms with E-state index in [-0.39, 0.29) is 37.7 Å². The lowest BCUT2D eigenvalue weighted by Crippen LogP contribution is -2.40. The summed E-state index contributed by atoms with van der Waals surface area (Å²) in [6.07, 6.45) is 1.75. The zero-order valence-corrected chi connectivity index (χ0v) is 23.7. The van der Waals surface area contributed by atoms with Gasteiger partial charge in [-0.15, -0.1) is 0 Å². The Morgan fingerprint density at radius 1 is 1.07 bits per heavy atom. The van der Waals surface area contributed by atoms with E-state index in [2.05, 4.69) is 4.99 Å². The predicted octanol–water partition coefficient (Wildman–Crippen LogP) is 2.48. The van der Waals surface area contributed by atoms with Gasteiger partial charge < -0.3 is 28.4 Å². The molecule has 0 bridgehead atoms. The summed E-state index contributed by atoms with van der Waals surface area (Å²) >= 11 is 1.21. The average Bonchev–Trinajstić information content (AvgIpc) is 3.55. The molecule has 0 amide bonds. The lowest BCUT2D eigenvalue weighted by Gasteiger charge is -2.25. The van der Waals surface area contributed by atoms with Crippen LogP contribution in [0.25, 0.3) is 6.08 Å². The highest BCUT2D eigenvalue weighted by Gasteiger charge is 2.34. The van der Waals surface area contributed by atoms with Crippen molar-refractivity contribution in [2.75, 3.05) is 33.7 Å². The summed E-state index contributed by atoms with van der Waals surface area (Å²) in [5.41, 5.74) is 1.66. The summed E-state index contributed by atoms with van der Waals surface area (Å²) in [4.78, 5) is 43.9. The average molecular weight is 581 g/mol. The first-order chi connectivity index (χ1) is 19.8. The molecule has 0 fully saturated rings. The zero-order chi connectivity index (χ0) is 29.1. The minimum Gasteiger partial charge on any atom is -0.493 e. The Morgan fingerprint density at radius 3 is 2.61 bits per heavy atom. The van der Waals surface area contributed by atoms with Gasteiger partial charge >= 0.3 is 11.9 Å². The maximum atomic E-state index is 13.9. The molecule has 0 saturated heterocycles. The van der Waals surface area contributed by atoms with Crippen molar-refractivity contribution >= 4 is 29.4 Å². The van der Waals surface area contributed by atoms with Crippen LogP contribution in [0.2, 0.25) is 0 Å². The number of benzene rings is 2. The Balaban J connectivity index is 1.61. The van der Waals surface area contributed by atoms with E-state index < -0.39 is 18.0 Å². The normalized spacial score (nSPS) is 15.7. The van der Waals surface area contributed by atoms with Gasteiger partial charge in [-0.25, -0.2) is 14.6 Å². The first-order valence-electron chi connectivity index (χ1n) is 12.9. The molecule has 214 valence electrons. The fourth-order valence-electron chi connectivity index (χ4n) is 4.57. The number of allylic oxidation sites excluding steroid dienone is 1. The van der Waals surface area contributed by atoms with E-state index in [1.807, 2.05) is 6.07 Å². The minimum absolute atomic E-state index is 0.146. The lowest BCUT2D eigenvalue weighted by atomic mass is 9.95. The topological polar surface area (TPSA) is 124 Å². The maximum Gasteiger partial charge on any atom is 0.344 e. The minimum atomic E-state index is -0.850. The van der Waals surface area contributed by atoms with Crippen molar-refractivity contribution in [3.63, 3.8) is 0 Å². The summed E-state index contributed by atoms with van der Waals surface area (Å²) in [6.45, 7) is 5.36. The number of esters is 2. The van der Waals surface area contributed by atoms with Crippen molar-refractivity contribution in [2.24, 2.45) is 4.99 Å². The highest BCUT2D eigenvalue weighted by atomic mass is 32.1. The molecule has 41 heavy (non-hydrogen) atoms. The molecule has 1 aromatic heterocycles. The molecule has 12 heteroatoms. The van der Waals surface area contributed by atoms with Gasteiger partial charge in [0, 0.05) is 0 Å². The van der Waals surface area contributed by atoms with Gasteiger partial charge in [-0.05, 0) is 62.2 Å². The van der Waals surface area contributed by atoms with E-state index in [9.17, 15) is 14.4 Å². The van der Waals surface area contributed by atoms with Gasteiger partial charge in [-0.1, -0.05) is 23.5 Å². The second kappa shape index (κ2) is 11.9. The van der Waals surface area contributed by atoms with E-state index in [0.29, 0.717) is 43.6 Å². The van der Waals surface area contributed by atoms with Crippen LogP contribution in [0.3, 0.4) is 0 Å². The van der Waals surface area contributed by atoms with Crippen molar-refractivity contribution in [2.45, 2.75) is 26.8 Å². The Morgan fingerprint density at radius 2 is 1.85 bits per heavy atom. The number of hydrogen-bond donors (Lipinski definition) is 0. The number of carbonyl (C=O) groups is 2. The Labute approximate surface area is 238 Å². The smallest absolute Gasteiger partial charge is 0.344 e. The summed E-state index contributed by atoms with van der Waals surface area (Å²) in [5.74, 6) is 0.760. The maximum absolute atomic E-state index is 13.9. The van der Waals surface area contributed by atoms with Crippen molar-refractivity contribution in [3.8, 4) is 23.0 Å². The van der Waals surface area contributed by atoms with Gasteiger partial charge in [0.25, 0.3) is 5.56 Å². The van der Waals surface area contributed by atoms with Crippen molar-refractivity contribution in [1.82, 2.24) is 4.57 Å². The molecule has 2 aromatic carbocycles. The molecular weight excluding hydrogens is 552 g/mol. The van der Waals surface area contributed by atoms with Gasteiger partial charge in [0.1, 0.15) is 0 Å². The number of ether oxygens (including phenoxy) is 6. The van der Waals surface area contributed by atoms with Crippen LogP contribution in [0, 0.1) is 0 Å². The standard InChI is InChI=1S/C29H28N2O9S/c1-5-36-24(32)14-38-19-10-8-18(13-21(19)35-4)26-25(28(34)37-6-2)16(3)30-29-31(26)27(33)23(41-29)12-17-7-9-20-22(11-17)40-15-39-20/h7-13,26H,5-6,14-15H2,1-4H3. The molecule has 2 aliphatic rings. The number of rotatable bonds is 9. The van der Waals surface area contributed by atoms with E-state index in [1.54, 1.807) is 57.2 Å². The van der Waals surface area contributed by atoms with Gasteiger partial charge in [-0.2, -0.15) is 0 Å². The SMILES string of the molecule is CCOC(=O)COc1ccc(C2C(C(=O)OCC)=C(C)N=c3sc(=Cc4ccc5c(c4)OCO5)c(=O)n32)cc1OC. The quantitative estimate of drug-likeness (QED) is 0.351. The van der Waals surface area contributed by atoms with Crippen LogP contribution in [-0.4, -0.2) is 50.2 Å². The van der Waals surface area contributed by atoms with Crippen LogP contribution in [-0.2, 0) is 19.1 Å². The van der Waals surface area contributed by atoms with Crippen LogP contribution in [0.4, 0.5) is 0 Å². The summed E-state index contributed by atoms with van der Waals surface area (Å²) in [7, 11) is 1.46. The van der Waals surface area contributed by atoms with Crippen LogP contribution >= 0.6 is 11.3 Å². The summed E-state index contributed by atoms with van der Waals surface area (Å²) in [5, 5.41) is 0. The Hall–Kier alpha value is -4.58. The number of thiazole rings is 1. The molecule has 0 spiro atoms. The molecule has 3 aromatic rings. The van der Waals surface area contributed by atoms with Crippen molar-refractivity contribution in [1.29, 1.82) is 0 Å². The van der Waals surface area contributed by atoms with Crippen LogP contribution in [0.15, 0.2) is 57.5 Å². The fourth-order valence-corrected chi connectivity index (χ4v) is 5.62. The van der Waals surface area contributed by atoms with Crippen LogP contribution in [0.5, 0.6) is 23.0 Å². The number of nitrogens with zero attached hydrogens (tertiary/aromatic N) is 2. The Bertz CT molecular complexity index is 1720. The third kappa shape index (κ3) is 5.55. The van der Waals surface area contributed by atoms with E-state index >= 15 is 0 Å². The van der Waals surface area contributed by atoms with E-state index in [0.717, 1.165) is 5.56 Å². The molecule has 1 atom stereocenters. The molecule has 1 unspecified atom stereocenters. The molecular formula is C29H28N2O9S. The van der Waals surface area contributed by atoms with Crippen LogP contribution < -0.4 is 33.8 Å². The molecule has 3 heterocycles. The summed E-state index contributed by atoms with van der Waals surface area (Å²) in [6, 6.07) is 9.56. The van der Waals surface area contributed by atoms with Crippen molar-refractivity contribution in [3.05, 3.63) is 78.5 Å². The van der Waals surface area contributed by atoms with E-state index in [1.165, 1.54) is 23.0 Å². The molecule has 5 rings (SSSR count). The molecule has 11 nitrogen and oxygen atoms in total. The molecule has 0 N–H and O–H groups in total. The molecule has 0 radical (unpaired) electrons. The number of hydrogen-bond acceptors (Lipinski definition) is 11. The highest BCUT2D eigenvalue weighted by Crippen LogP contribution is 2.36. The van der Waals surface area contributed by atoms with Crippen LogP contribution in [0.1, 0.15) is 37.9 Å². The second-order valence-electron chi connectivity index (χ2n) is 8.92. The van der Waals surface area contributed by atoms with E-state index in [4.69, 9.17) is 28.4 Å². The number of aromatic nitrogens is 1. The van der Waals surface area contributed by atoms with Gasteiger partial charge in [-0.3, -0.25) is 9.36 Å². The highest BCUT2D eigenvalue weighted by molar-refractivity contribution is 7.07. The van der Waals surface area contributed by atoms with Gasteiger partial charge in [0.05, 0.1) is 42.2 Å². The number of fused-ring (bicyclic) bond motifs is 2. The second-order valence-corrected chi connectivity index (χ2v) is 9.93. The number of carbonyl (C=O) groups excluding carboxylic acids is 2.